The van der Waals surface area contributed by atoms with Gasteiger partial charge in [-0.15, -0.1) is 11.8 Å². The molecule has 0 aliphatic carbocycles. The van der Waals surface area contributed by atoms with E-state index in [9.17, 15) is 8.42 Å². The Morgan fingerprint density at radius 3 is 2.67 bits per heavy atom. The van der Waals surface area contributed by atoms with Crippen LogP contribution in [0.4, 0.5) is 0 Å². The fraction of sp³-hybridized carbons (Fsp3) is 0.250. The molecule has 0 aliphatic rings. The van der Waals surface area contributed by atoms with Gasteiger partial charge in [0, 0.05) is 10.6 Å². The molecule has 0 aromatic heterocycles. The molecular weight excluding hydrogens is 258 g/mol. The number of benzene rings is 1. The second kappa shape index (κ2) is 5.72. The first-order chi connectivity index (χ1) is 6.99. The Kier molecular flexibility index (Phi) is 4.88. The highest BCUT2D eigenvalue weighted by Crippen LogP contribution is 2.26. The van der Waals surface area contributed by atoms with Gasteiger partial charge in [-0.3, -0.25) is 4.18 Å². The molecule has 0 atom stereocenters. The maximum absolute atomic E-state index is 10.4. The molecule has 4 nitrogen and oxygen atoms in total. The van der Waals surface area contributed by atoms with Crippen LogP contribution in [0.3, 0.4) is 0 Å². The zero-order chi connectivity index (χ0) is 11.3. The van der Waals surface area contributed by atoms with Crippen molar-refractivity contribution < 1.29 is 12.6 Å². The average Bonchev–Trinajstić information content (AvgIpc) is 2.13. The van der Waals surface area contributed by atoms with E-state index in [1.165, 1.54) is 11.8 Å². The van der Waals surface area contributed by atoms with Crippen LogP contribution in [-0.4, -0.2) is 20.8 Å². The number of hydrogen-bond donors (Lipinski definition) is 1. The minimum absolute atomic E-state index is 0.0364. The first kappa shape index (κ1) is 12.8. The van der Waals surface area contributed by atoms with E-state index in [-0.39, 0.29) is 6.61 Å². The van der Waals surface area contributed by atoms with E-state index in [0.29, 0.717) is 10.8 Å². The Bertz CT molecular complexity index is 422. The summed E-state index contributed by atoms with van der Waals surface area (Å²) in [5.41, 5.74) is 0. The second-order valence-electron chi connectivity index (χ2n) is 2.59. The van der Waals surface area contributed by atoms with Crippen molar-refractivity contribution >= 4 is 33.7 Å². The Morgan fingerprint density at radius 2 is 2.07 bits per heavy atom. The molecule has 1 aromatic rings. The van der Waals surface area contributed by atoms with E-state index in [2.05, 4.69) is 9.32 Å². The van der Waals surface area contributed by atoms with E-state index >= 15 is 0 Å². The van der Waals surface area contributed by atoms with Crippen molar-refractivity contribution in [2.75, 3.05) is 12.4 Å². The third-order valence-corrected chi connectivity index (χ3v) is 3.40. The number of nitrogens with two attached hydrogens (primary N) is 1. The molecule has 1 aromatic carbocycles. The molecule has 0 radical (unpaired) electrons. The number of thioether (sulfide) groups is 1. The predicted octanol–water partition coefficient (Wildman–Crippen LogP) is 1.65. The molecule has 84 valence electrons. The molecule has 0 saturated carbocycles. The zero-order valence-electron chi connectivity index (χ0n) is 7.72. The fourth-order valence-corrected chi connectivity index (χ4v) is 2.35. The first-order valence-corrected chi connectivity index (χ1v) is 6.87. The van der Waals surface area contributed by atoms with E-state index in [0.717, 1.165) is 4.90 Å². The van der Waals surface area contributed by atoms with Crippen molar-refractivity contribution in [2.45, 2.75) is 4.90 Å². The van der Waals surface area contributed by atoms with Crippen LogP contribution in [0.5, 0.6) is 0 Å². The van der Waals surface area contributed by atoms with Crippen molar-refractivity contribution in [3.8, 4) is 0 Å². The van der Waals surface area contributed by atoms with Gasteiger partial charge in [-0.05, 0) is 12.1 Å². The van der Waals surface area contributed by atoms with E-state index in [1.807, 2.05) is 18.2 Å². The molecule has 0 aliphatic heterocycles. The number of hydrogen-bond acceptors (Lipinski definition) is 4. The number of rotatable bonds is 5. The second-order valence-corrected chi connectivity index (χ2v) is 5.36. The van der Waals surface area contributed by atoms with Crippen molar-refractivity contribution in [2.24, 2.45) is 5.14 Å². The van der Waals surface area contributed by atoms with Gasteiger partial charge < -0.3 is 0 Å². The highest BCUT2D eigenvalue weighted by atomic mass is 35.5. The Balaban J connectivity index is 2.36. The molecule has 0 heterocycles. The molecule has 0 fully saturated rings. The van der Waals surface area contributed by atoms with Crippen molar-refractivity contribution in [3.05, 3.63) is 29.3 Å². The predicted molar refractivity (Wildman–Crippen MR) is 61.2 cm³/mol. The van der Waals surface area contributed by atoms with Gasteiger partial charge in [-0.2, -0.15) is 8.42 Å². The normalized spacial score (nSPS) is 11.6. The smallest absolute Gasteiger partial charge is 0.257 e. The van der Waals surface area contributed by atoms with Gasteiger partial charge in [-0.25, -0.2) is 5.14 Å². The van der Waals surface area contributed by atoms with Gasteiger partial charge in [-0.1, -0.05) is 23.7 Å². The minimum Gasteiger partial charge on any atom is -0.257 e. The molecule has 15 heavy (non-hydrogen) atoms. The summed E-state index contributed by atoms with van der Waals surface area (Å²) in [5.74, 6) is 0.472. The van der Waals surface area contributed by atoms with Crippen molar-refractivity contribution in [1.82, 2.24) is 0 Å². The maximum atomic E-state index is 10.4. The lowest BCUT2D eigenvalue weighted by atomic mass is 10.4. The summed E-state index contributed by atoms with van der Waals surface area (Å²) in [6.45, 7) is 0.0364. The topological polar surface area (TPSA) is 69.4 Å². The summed E-state index contributed by atoms with van der Waals surface area (Å²) in [4.78, 5) is 0.886. The van der Waals surface area contributed by atoms with Gasteiger partial charge >= 0.3 is 10.3 Å². The fourth-order valence-electron chi connectivity index (χ4n) is 0.864. The van der Waals surface area contributed by atoms with Crippen molar-refractivity contribution in [1.29, 1.82) is 0 Å². The average molecular weight is 268 g/mol. The highest BCUT2D eigenvalue weighted by molar-refractivity contribution is 7.99. The summed E-state index contributed by atoms with van der Waals surface area (Å²) in [5, 5.41) is 5.30. The lowest BCUT2D eigenvalue weighted by molar-refractivity contribution is 0.342. The molecule has 0 saturated heterocycles. The first-order valence-electron chi connectivity index (χ1n) is 4.03. The van der Waals surface area contributed by atoms with Crippen LogP contribution in [0.1, 0.15) is 0 Å². The largest absolute Gasteiger partial charge is 0.333 e. The van der Waals surface area contributed by atoms with E-state index in [4.69, 9.17) is 11.6 Å². The maximum Gasteiger partial charge on any atom is 0.333 e. The summed E-state index contributed by atoms with van der Waals surface area (Å²) in [7, 11) is -3.83. The van der Waals surface area contributed by atoms with Crippen molar-refractivity contribution in [3.63, 3.8) is 0 Å². The molecule has 2 N–H and O–H groups in total. The molecular formula is C8H10ClNO3S2. The summed E-state index contributed by atoms with van der Waals surface area (Å²) >= 11 is 7.30. The van der Waals surface area contributed by atoms with Crippen LogP contribution in [0.2, 0.25) is 5.02 Å². The Labute approximate surface area is 98.0 Å². The van der Waals surface area contributed by atoms with Crippen LogP contribution >= 0.6 is 23.4 Å². The van der Waals surface area contributed by atoms with Gasteiger partial charge in [0.15, 0.2) is 0 Å². The molecule has 7 heteroatoms. The zero-order valence-corrected chi connectivity index (χ0v) is 10.1. The van der Waals surface area contributed by atoms with Crippen LogP contribution in [-0.2, 0) is 14.5 Å². The quantitative estimate of drug-likeness (QED) is 0.651. The van der Waals surface area contributed by atoms with Crippen LogP contribution in [0, 0.1) is 0 Å². The van der Waals surface area contributed by atoms with Crippen LogP contribution in [0.15, 0.2) is 29.2 Å². The molecule has 1 rings (SSSR count). The third-order valence-electron chi connectivity index (χ3n) is 1.43. The lowest BCUT2D eigenvalue weighted by Crippen LogP contribution is -2.17. The van der Waals surface area contributed by atoms with E-state index < -0.39 is 10.3 Å². The molecule has 0 spiro atoms. The van der Waals surface area contributed by atoms with Gasteiger partial charge in [0.25, 0.3) is 0 Å². The van der Waals surface area contributed by atoms with Crippen LogP contribution in [0.25, 0.3) is 0 Å². The minimum atomic E-state index is -3.83. The monoisotopic (exact) mass is 267 g/mol. The van der Waals surface area contributed by atoms with Gasteiger partial charge in [0.1, 0.15) is 0 Å². The SMILES string of the molecule is NS(=O)(=O)OCCSc1ccccc1Cl. The van der Waals surface area contributed by atoms with E-state index in [1.54, 1.807) is 6.07 Å². The third kappa shape index (κ3) is 5.39. The Morgan fingerprint density at radius 1 is 1.40 bits per heavy atom. The molecule has 0 unspecified atom stereocenters. The van der Waals surface area contributed by atoms with Gasteiger partial charge in [0.2, 0.25) is 0 Å². The standard InChI is InChI=1S/C8H10ClNO3S2/c9-7-3-1-2-4-8(7)14-6-5-13-15(10,11)12/h1-4H,5-6H2,(H2,10,11,12). The molecule has 0 amide bonds. The number of halogens is 1. The molecule has 0 bridgehead atoms. The van der Waals surface area contributed by atoms with Crippen LogP contribution < -0.4 is 5.14 Å². The summed E-state index contributed by atoms with van der Waals surface area (Å²) < 4.78 is 25.2. The summed E-state index contributed by atoms with van der Waals surface area (Å²) in [6.07, 6.45) is 0. The summed E-state index contributed by atoms with van der Waals surface area (Å²) in [6, 6.07) is 7.30. The lowest BCUT2D eigenvalue weighted by Gasteiger charge is -2.03. The Hall–Kier alpha value is -0.270. The van der Waals surface area contributed by atoms with Gasteiger partial charge in [0.05, 0.1) is 11.6 Å². The highest BCUT2D eigenvalue weighted by Gasteiger charge is 2.03.